The molecular weight excluding hydrogens is 283 g/mol. The third kappa shape index (κ3) is 2.94. The van der Waals surface area contributed by atoms with Gasteiger partial charge in [0.1, 0.15) is 17.9 Å². The molecule has 2 aromatic rings. The van der Waals surface area contributed by atoms with Crippen molar-refractivity contribution < 1.29 is 13.2 Å². The Morgan fingerprint density at radius 1 is 1.33 bits per heavy atom. The Bertz CT molecular complexity index is 609. The molecule has 3 rings (SSSR count). The first kappa shape index (κ1) is 14.1. The van der Waals surface area contributed by atoms with Gasteiger partial charge in [-0.1, -0.05) is 0 Å². The van der Waals surface area contributed by atoms with Gasteiger partial charge in [-0.2, -0.15) is 13.2 Å². The van der Waals surface area contributed by atoms with Crippen LogP contribution in [0.5, 0.6) is 0 Å². The number of aromatic nitrogens is 3. The van der Waals surface area contributed by atoms with Crippen LogP contribution in [0.15, 0.2) is 24.7 Å². The standard InChI is InChI=1S/C13H16F3N5/c14-13(15,16)11-4-2-7-20(11)8-6-19-21-9-18-12-10(21)3-1-5-17-12/h1,3,5,9,11,19H,2,4,6-8H2. The molecule has 21 heavy (non-hydrogen) atoms. The fourth-order valence-corrected chi connectivity index (χ4v) is 2.76. The maximum absolute atomic E-state index is 12.8. The summed E-state index contributed by atoms with van der Waals surface area (Å²) in [7, 11) is 0. The third-order valence-corrected chi connectivity index (χ3v) is 3.74. The quantitative estimate of drug-likeness (QED) is 0.938. The smallest absolute Gasteiger partial charge is 0.323 e. The zero-order valence-corrected chi connectivity index (χ0v) is 11.3. The molecule has 0 bridgehead atoms. The van der Waals surface area contributed by atoms with Crippen LogP contribution in [0.25, 0.3) is 11.2 Å². The zero-order valence-electron chi connectivity index (χ0n) is 11.3. The maximum atomic E-state index is 12.8. The van der Waals surface area contributed by atoms with Gasteiger partial charge in [0.25, 0.3) is 0 Å². The van der Waals surface area contributed by atoms with Crippen molar-refractivity contribution in [2.24, 2.45) is 0 Å². The molecule has 1 fully saturated rings. The van der Waals surface area contributed by atoms with Crippen LogP contribution in [0.4, 0.5) is 13.2 Å². The van der Waals surface area contributed by atoms with E-state index in [1.807, 2.05) is 6.07 Å². The van der Waals surface area contributed by atoms with Gasteiger partial charge in [-0.25, -0.2) is 14.6 Å². The Morgan fingerprint density at radius 3 is 3.00 bits per heavy atom. The molecule has 1 saturated heterocycles. The molecule has 1 aliphatic rings. The van der Waals surface area contributed by atoms with Crippen LogP contribution in [-0.4, -0.2) is 51.4 Å². The summed E-state index contributed by atoms with van der Waals surface area (Å²) in [6.45, 7) is 1.27. The van der Waals surface area contributed by atoms with E-state index in [0.717, 1.165) is 5.52 Å². The average Bonchev–Trinajstić information content (AvgIpc) is 3.05. The highest BCUT2D eigenvalue weighted by Gasteiger charge is 2.45. The fraction of sp³-hybridized carbons (Fsp3) is 0.538. The highest BCUT2D eigenvalue weighted by molar-refractivity contribution is 5.70. The number of imidazole rings is 1. The lowest BCUT2D eigenvalue weighted by Crippen LogP contribution is -2.43. The van der Waals surface area contributed by atoms with E-state index >= 15 is 0 Å². The molecule has 0 radical (unpaired) electrons. The van der Waals surface area contributed by atoms with Gasteiger partial charge in [0.05, 0.1) is 0 Å². The van der Waals surface area contributed by atoms with Crippen LogP contribution in [0.3, 0.4) is 0 Å². The predicted molar refractivity (Wildman–Crippen MR) is 72.4 cm³/mol. The summed E-state index contributed by atoms with van der Waals surface area (Å²) in [4.78, 5) is 9.71. The second-order valence-corrected chi connectivity index (χ2v) is 5.10. The Kier molecular flexibility index (Phi) is 3.71. The van der Waals surface area contributed by atoms with E-state index in [1.54, 1.807) is 23.3 Å². The number of nitrogens with one attached hydrogen (secondary N) is 1. The summed E-state index contributed by atoms with van der Waals surface area (Å²) in [5.41, 5.74) is 4.49. The Hall–Kier alpha value is -1.83. The molecule has 8 heteroatoms. The van der Waals surface area contributed by atoms with Crippen molar-refractivity contribution in [1.82, 2.24) is 19.5 Å². The van der Waals surface area contributed by atoms with Crippen molar-refractivity contribution >= 4 is 11.2 Å². The number of hydrogen-bond donors (Lipinski definition) is 1. The molecule has 1 aliphatic heterocycles. The van der Waals surface area contributed by atoms with Crippen LogP contribution in [0, 0.1) is 0 Å². The minimum Gasteiger partial charge on any atom is -0.323 e. The summed E-state index contributed by atoms with van der Waals surface area (Å²) in [6, 6.07) is 2.35. The Morgan fingerprint density at radius 2 is 2.19 bits per heavy atom. The van der Waals surface area contributed by atoms with Crippen molar-refractivity contribution in [3.05, 3.63) is 24.7 Å². The summed E-state index contributed by atoms with van der Waals surface area (Å²) in [5.74, 6) is 0. The molecule has 0 saturated carbocycles. The summed E-state index contributed by atoms with van der Waals surface area (Å²) < 4.78 is 40.2. The van der Waals surface area contributed by atoms with Gasteiger partial charge >= 0.3 is 6.18 Å². The van der Waals surface area contributed by atoms with Crippen LogP contribution in [0.1, 0.15) is 12.8 Å². The molecule has 1 atom stereocenters. The first-order valence-electron chi connectivity index (χ1n) is 6.88. The van der Waals surface area contributed by atoms with E-state index in [-0.39, 0.29) is 6.42 Å². The number of alkyl halides is 3. The highest BCUT2D eigenvalue weighted by Crippen LogP contribution is 2.32. The largest absolute Gasteiger partial charge is 0.404 e. The lowest BCUT2D eigenvalue weighted by Gasteiger charge is -2.26. The van der Waals surface area contributed by atoms with E-state index < -0.39 is 12.2 Å². The van der Waals surface area contributed by atoms with Gasteiger partial charge in [-0.3, -0.25) is 4.90 Å². The summed E-state index contributed by atoms with van der Waals surface area (Å²) >= 11 is 0. The Balaban J connectivity index is 1.59. The lowest BCUT2D eigenvalue weighted by molar-refractivity contribution is -0.175. The SMILES string of the molecule is FC(F)(F)C1CCCN1CCNn1cnc2ncccc21. The first-order chi connectivity index (χ1) is 10.1. The molecule has 5 nitrogen and oxygen atoms in total. The average molecular weight is 299 g/mol. The van der Waals surface area contributed by atoms with Gasteiger partial charge in [0.15, 0.2) is 5.65 Å². The minimum atomic E-state index is -4.14. The number of hydrogen-bond acceptors (Lipinski definition) is 4. The van der Waals surface area contributed by atoms with Crippen LogP contribution < -0.4 is 5.43 Å². The molecule has 3 heterocycles. The molecular formula is C13H16F3N5. The fourth-order valence-electron chi connectivity index (χ4n) is 2.76. The van der Waals surface area contributed by atoms with Gasteiger partial charge in [0, 0.05) is 19.3 Å². The first-order valence-corrected chi connectivity index (χ1v) is 6.88. The van der Waals surface area contributed by atoms with E-state index in [4.69, 9.17) is 0 Å². The lowest BCUT2D eigenvalue weighted by atomic mass is 10.2. The van der Waals surface area contributed by atoms with E-state index in [0.29, 0.717) is 31.7 Å². The topological polar surface area (TPSA) is 46.0 Å². The molecule has 0 spiro atoms. The minimum absolute atomic E-state index is 0.196. The van der Waals surface area contributed by atoms with Gasteiger partial charge in [-0.05, 0) is 31.5 Å². The molecule has 2 aromatic heterocycles. The monoisotopic (exact) mass is 299 g/mol. The molecule has 1 N–H and O–H groups in total. The molecule has 0 aromatic carbocycles. The number of halogens is 3. The molecule has 0 amide bonds. The van der Waals surface area contributed by atoms with Crippen molar-refractivity contribution in [2.75, 3.05) is 25.1 Å². The second-order valence-electron chi connectivity index (χ2n) is 5.10. The van der Waals surface area contributed by atoms with E-state index in [9.17, 15) is 13.2 Å². The summed E-state index contributed by atoms with van der Waals surface area (Å²) in [5, 5.41) is 0. The van der Waals surface area contributed by atoms with Gasteiger partial charge in [0.2, 0.25) is 0 Å². The van der Waals surface area contributed by atoms with Crippen LogP contribution in [-0.2, 0) is 0 Å². The van der Waals surface area contributed by atoms with Crippen molar-refractivity contribution in [1.29, 1.82) is 0 Å². The summed E-state index contributed by atoms with van der Waals surface area (Å²) in [6.07, 6.45) is -0.105. The molecule has 0 aliphatic carbocycles. The Labute approximate surface area is 119 Å². The number of rotatable bonds is 4. The van der Waals surface area contributed by atoms with Crippen molar-refractivity contribution in [3.8, 4) is 0 Å². The number of pyridine rings is 1. The van der Waals surface area contributed by atoms with Gasteiger partial charge in [-0.15, -0.1) is 0 Å². The molecule has 1 unspecified atom stereocenters. The van der Waals surface area contributed by atoms with Crippen molar-refractivity contribution in [3.63, 3.8) is 0 Å². The normalized spacial score (nSPS) is 20.2. The zero-order chi connectivity index (χ0) is 14.9. The number of fused-ring (bicyclic) bond motifs is 1. The van der Waals surface area contributed by atoms with Crippen molar-refractivity contribution in [2.45, 2.75) is 25.1 Å². The predicted octanol–water partition coefficient (Wildman–Crippen LogP) is 2.00. The van der Waals surface area contributed by atoms with Crippen LogP contribution in [0.2, 0.25) is 0 Å². The maximum Gasteiger partial charge on any atom is 0.404 e. The van der Waals surface area contributed by atoms with Gasteiger partial charge < -0.3 is 5.43 Å². The van der Waals surface area contributed by atoms with E-state index in [1.165, 1.54) is 4.90 Å². The molecule has 114 valence electrons. The highest BCUT2D eigenvalue weighted by atomic mass is 19.4. The van der Waals surface area contributed by atoms with Crippen LogP contribution >= 0.6 is 0 Å². The third-order valence-electron chi connectivity index (χ3n) is 3.74. The number of nitrogens with zero attached hydrogens (tertiary/aromatic N) is 4. The second kappa shape index (κ2) is 5.51. The van der Waals surface area contributed by atoms with E-state index in [2.05, 4.69) is 15.4 Å². The number of likely N-dealkylation sites (tertiary alicyclic amines) is 1.